The van der Waals surface area contributed by atoms with Crippen molar-refractivity contribution in [2.45, 2.75) is 18.0 Å². The number of thiophene rings is 1. The summed E-state index contributed by atoms with van der Waals surface area (Å²) in [6.45, 7) is 0.337. The number of fused-ring (bicyclic) bond motifs is 2. The van der Waals surface area contributed by atoms with Crippen molar-refractivity contribution in [3.63, 3.8) is 0 Å². The molecule has 3 aromatic rings. The maximum Gasteiger partial charge on any atom is 0.352 e. The first-order valence-electron chi connectivity index (χ1n) is 10.3. The van der Waals surface area contributed by atoms with E-state index >= 15 is 0 Å². The minimum Gasteiger partial charge on any atom is -0.477 e. The number of thioether (sulfide) groups is 1. The van der Waals surface area contributed by atoms with Gasteiger partial charge in [0, 0.05) is 33.5 Å². The Bertz CT molecular complexity index is 1410. The lowest BCUT2D eigenvalue weighted by molar-refractivity contribution is -0.687. The predicted molar refractivity (Wildman–Crippen MR) is 132 cm³/mol. The van der Waals surface area contributed by atoms with Gasteiger partial charge in [0.1, 0.15) is 29.9 Å². The number of pyridine rings is 1. The topological polar surface area (TPSA) is 151 Å². The summed E-state index contributed by atoms with van der Waals surface area (Å²) < 4.78 is 1.91. The quantitative estimate of drug-likeness (QED) is 0.177. The molecule has 0 spiro atoms. The normalized spacial score (nSPS) is 20.0. The van der Waals surface area contributed by atoms with E-state index in [-0.39, 0.29) is 22.2 Å². The summed E-state index contributed by atoms with van der Waals surface area (Å²) in [6.07, 6.45) is 3.85. The molecule has 0 aliphatic carbocycles. The summed E-state index contributed by atoms with van der Waals surface area (Å²) >= 11 is 4.13. The molecular weight excluding hydrogens is 512 g/mol. The van der Waals surface area contributed by atoms with Gasteiger partial charge in [-0.25, -0.2) is 14.3 Å². The van der Waals surface area contributed by atoms with Crippen LogP contribution in [0.2, 0.25) is 0 Å². The highest BCUT2D eigenvalue weighted by Crippen LogP contribution is 2.40. The molecule has 1 fully saturated rings. The summed E-state index contributed by atoms with van der Waals surface area (Å²) in [5.41, 5.74) is 6.33. The van der Waals surface area contributed by atoms with Crippen LogP contribution >= 0.6 is 34.4 Å². The van der Waals surface area contributed by atoms with Gasteiger partial charge in [0.05, 0.1) is 5.39 Å². The molecule has 5 heterocycles. The van der Waals surface area contributed by atoms with E-state index in [1.807, 2.05) is 33.8 Å². The highest BCUT2D eigenvalue weighted by molar-refractivity contribution is 8.00. The van der Waals surface area contributed by atoms with Crippen LogP contribution in [0.5, 0.6) is 0 Å². The van der Waals surface area contributed by atoms with E-state index < -0.39 is 29.2 Å². The molecule has 4 N–H and O–H groups in total. The van der Waals surface area contributed by atoms with Gasteiger partial charge in [-0.15, -0.1) is 23.1 Å². The number of rotatable bonds is 7. The number of thiazole rings is 1. The average Bonchev–Trinajstić information content (AvgIpc) is 3.48. The van der Waals surface area contributed by atoms with Crippen molar-refractivity contribution in [3.8, 4) is 0 Å². The van der Waals surface area contributed by atoms with E-state index in [1.165, 1.54) is 23.8 Å². The number of aromatic nitrogens is 2. The number of carbonyl (C=O) groups is 3. The van der Waals surface area contributed by atoms with Crippen molar-refractivity contribution in [2.24, 2.45) is 5.16 Å². The van der Waals surface area contributed by atoms with Gasteiger partial charge in [-0.05, 0) is 5.38 Å². The molecule has 0 aromatic carbocycles. The van der Waals surface area contributed by atoms with E-state index in [4.69, 9.17) is 10.6 Å². The van der Waals surface area contributed by atoms with Gasteiger partial charge in [-0.2, -0.15) is 11.3 Å². The molecule has 1 saturated heterocycles. The fourth-order valence-corrected chi connectivity index (χ4v) is 6.64. The lowest BCUT2D eigenvalue weighted by Crippen LogP contribution is -2.71. The lowest BCUT2D eigenvalue weighted by Gasteiger charge is -2.49. The SMILES string of the molecule is CON=C(C(=O)NC1C(=O)N2C(C(=O)O)=C(C[n+]3ccc4cscc4c3)CS[C@H]12)c1csc(N)n1. The van der Waals surface area contributed by atoms with Gasteiger partial charge in [-0.3, -0.25) is 14.5 Å². The Labute approximate surface area is 210 Å². The third kappa shape index (κ3) is 4.24. The maximum atomic E-state index is 13.0. The molecule has 2 amide bonds. The van der Waals surface area contributed by atoms with Gasteiger partial charge in [0.2, 0.25) is 0 Å². The number of nitrogens with zero attached hydrogens (tertiary/aromatic N) is 4. The number of oxime groups is 1. The zero-order valence-electron chi connectivity index (χ0n) is 18.2. The summed E-state index contributed by atoms with van der Waals surface area (Å²) in [7, 11) is 1.29. The molecule has 11 nitrogen and oxygen atoms in total. The molecule has 1 unspecified atom stereocenters. The maximum absolute atomic E-state index is 13.0. The number of hydrogen-bond donors (Lipinski definition) is 3. The first kappa shape index (κ1) is 23.3. The van der Waals surface area contributed by atoms with Crippen LogP contribution in [0.15, 0.2) is 51.0 Å². The molecule has 2 aliphatic rings. The van der Waals surface area contributed by atoms with Crippen LogP contribution in [-0.4, -0.2) is 62.8 Å². The van der Waals surface area contributed by atoms with E-state index in [0.29, 0.717) is 17.9 Å². The summed E-state index contributed by atoms with van der Waals surface area (Å²) in [4.78, 5) is 48.1. The van der Waals surface area contributed by atoms with Crippen molar-refractivity contribution >= 4 is 73.8 Å². The Hall–Kier alpha value is -3.49. The number of aliphatic carboxylic acids is 1. The molecule has 180 valence electrons. The number of hydrogen-bond acceptors (Lipinski definition) is 10. The highest BCUT2D eigenvalue weighted by Gasteiger charge is 2.54. The number of β-lactam (4-membered cyclic amide) rings is 1. The molecular formula is C21H19N6O5S3+. The molecule has 2 atom stereocenters. The van der Waals surface area contributed by atoms with Crippen molar-refractivity contribution in [1.82, 2.24) is 15.2 Å². The minimum atomic E-state index is -1.18. The summed E-state index contributed by atoms with van der Waals surface area (Å²) in [5, 5.41) is 23.8. The molecule has 0 bridgehead atoms. The van der Waals surface area contributed by atoms with E-state index in [1.54, 1.807) is 16.7 Å². The number of amides is 2. The average molecular weight is 532 g/mol. The largest absolute Gasteiger partial charge is 0.477 e. The van der Waals surface area contributed by atoms with Gasteiger partial charge in [0.15, 0.2) is 29.8 Å². The smallest absolute Gasteiger partial charge is 0.352 e. The first-order valence-corrected chi connectivity index (χ1v) is 13.1. The van der Waals surface area contributed by atoms with Crippen LogP contribution in [0.25, 0.3) is 10.8 Å². The van der Waals surface area contributed by atoms with E-state index in [9.17, 15) is 19.5 Å². The van der Waals surface area contributed by atoms with Gasteiger partial charge < -0.3 is 21.0 Å². The van der Waals surface area contributed by atoms with Crippen molar-refractivity contribution in [1.29, 1.82) is 0 Å². The van der Waals surface area contributed by atoms with Crippen LogP contribution < -0.4 is 15.6 Å². The second-order valence-electron chi connectivity index (χ2n) is 7.71. The number of carboxylic acids is 1. The zero-order valence-corrected chi connectivity index (χ0v) is 20.7. The van der Waals surface area contributed by atoms with Crippen LogP contribution in [-0.2, 0) is 25.8 Å². The number of carboxylic acid groups (broad SMARTS) is 1. The third-order valence-corrected chi connectivity index (χ3v) is 8.34. The molecule has 35 heavy (non-hydrogen) atoms. The Morgan fingerprint density at radius 2 is 2.17 bits per heavy atom. The standard InChI is InChI=1S/C21H18N6O5S3/c1-32-25-14(13-9-35-21(22)23-13)17(28)24-15-18(29)27-16(20(30)31)12(8-34-19(15)27)5-26-3-2-10-6-33-7-11(10)4-26/h2-4,6-7,9,15,19H,5,8H2,1H3,(H3-,22,23,24,28,30,31)/p+1/t15?,19-/m1/s1. The summed E-state index contributed by atoms with van der Waals surface area (Å²) in [5.74, 6) is -1.95. The second-order valence-corrected chi connectivity index (χ2v) is 10.4. The Kier molecular flexibility index (Phi) is 6.17. The van der Waals surface area contributed by atoms with Crippen LogP contribution in [0, 0.1) is 0 Å². The van der Waals surface area contributed by atoms with E-state index in [2.05, 4.69) is 15.5 Å². The molecule has 2 aliphatic heterocycles. The van der Waals surface area contributed by atoms with Crippen molar-refractivity contribution < 1.29 is 28.9 Å². The molecule has 5 rings (SSSR count). The number of carbonyl (C=O) groups excluding carboxylic acids is 2. The summed E-state index contributed by atoms with van der Waals surface area (Å²) in [6, 6.07) is 1.07. The first-order chi connectivity index (χ1) is 16.9. The van der Waals surface area contributed by atoms with Gasteiger partial charge in [-0.1, -0.05) is 5.16 Å². The van der Waals surface area contributed by atoms with Crippen LogP contribution in [0.4, 0.5) is 5.13 Å². The van der Waals surface area contributed by atoms with Gasteiger partial charge >= 0.3 is 5.97 Å². The Morgan fingerprint density at radius 1 is 1.37 bits per heavy atom. The molecule has 3 aromatic heterocycles. The number of anilines is 1. The molecule has 14 heteroatoms. The minimum absolute atomic E-state index is 0.0415. The fraction of sp³-hybridized carbons (Fsp3) is 0.238. The monoisotopic (exact) mass is 531 g/mol. The predicted octanol–water partition coefficient (Wildman–Crippen LogP) is 1.02. The lowest BCUT2D eigenvalue weighted by atomic mass is 10.0. The van der Waals surface area contributed by atoms with Gasteiger partial charge in [0.25, 0.3) is 11.8 Å². The van der Waals surface area contributed by atoms with Crippen molar-refractivity contribution in [2.75, 3.05) is 18.6 Å². The third-order valence-electron chi connectivity index (χ3n) is 5.55. The van der Waals surface area contributed by atoms with E-state index in [0.717, 1.165) is 22.1 Å². The number of nitrogens with two attached hydrogens (primary N) is 1. The van der Waals surface area contributed by atoms with Crippen LogP contribution in [0.3, 0.4) is 0 Å². The fourth-order valence-electron chi connectivity index (χ4n) is 3.98. The Balaban J connectivity index is 1.36. The highest BCUT2D eigenvalue weighted by atomic mass is 32.2. The zero-order chi connectivity index (χ0) is 24.7. The van der Waals surface area contributed by atoms with Crippen molar-refractivity contribution in [3.05, 3.63) is 51.6 Å². The van der Waals surface area contributed by atoms with Crippen LogP contribution in [0.1, 0.15) is 5.69 Å². The second kappa shape index (κ2) is 9.28. The number of nitrogens with one attached hydrogen (secondary N) is 1. The number of nitrogen functional groups attached to an aromatic ring is 1. The Morgan fingerprint density at radius 3 is 2.89 bits per heavy atom. The molecule has 0 saturated carbocycles. The molecule has 0 radical (unpaired) electrons.